The molecular formula is C19H30Cl2IN3O2. The second kappa shape index (κ2) is 13.8. The highest BCUT2D eigenvalue weighted by molar-refractivity contribution is 14.0. The Labute approximate surface area is 189 Å². The van der Waals surface area contributed by atoms with E-state index >= 15 is 0 Å². The van der Waals surface area contributed by atoms with Gasteiger partial charge >= 0.3 is 0 Å². The SMILES string of the molecule is CCNC(=NCCCOCC1CCOC1)N(C)Cc1ccc(Cl)c(Cl)c1.I. The first-order chi connectivity index (χ1) is 12.6. The van der Waals surface area contributed by atoms with Crippen LogP contribution in [0.2, 0.25) is 10.0 Å². The van der Waals surface area contributed by atoms with Crippen LogP contribution in [0.25, 0.3) is 0 Å². The minimum absolute atomic E-state index is 0. The predicted molar refractivity (Wildman–Crippen MR) is 124 cm³/mol. The summed E-state index contributed by atoms with van der Waals surface area (Å²) >= 11 is 12.1. The Bertz CT molecular complexity index is 584. The highest BCUT2D eigenvalue weighted by Crippen LogP contribution is 2.23. The number of ether oxygens (including phenoxy) is 2. The van der Waals surface area contributed by atoms with Gasteiger partial charge in [-0.15, -0.1) is 24.0 Å². The van der Waals surface area contributed by atoms with Crippen LogP contribution in [-0.4, -0.2) is 57.4 Å². The van der Waals surface area contributed by atoms with Crippen LogP contribution < -0.4 is 5.32 Å². The van der Waals surface area contributed by atoms with Crippen molar-refractivity contribution in [1.29, 1.82) is 0 Å². The molecule has 5 nitrogen and oxygen atoms in total. The molecule has 2 rings (SSSR count). The summed E-state index contributed by atoms with van der Waals surface area (Å²) in [5.41, 5.74) is 1.09. The normalized spacial score (nSPS) is 16.9. The van der Waals surface area contributed by atoms with Gasteiger partial charge in [0, 0.05) is 45.8 Å². The summed E-state index contributed by atoms with van der Waals surface area (Å²) in [5.74, 6) is 1.44. The first-order valence-electron chi connectivity index (χ1n) is 9.19. The van der Waals surface area contributed by atoms with E-state index in [1.807, 2.05) is 25.2 Å². The standard InChI is InChI=1S/C19H29Cl2N3O2.HI/c1-3-22-19(23-8-4-9-25-13-16-7-10-26-14-16)24(2)12-15-5-6-17(20)18(21)11-15;/h5-6,11,16H,3-4,7-10,12-14H2,1-2H3,(H,22,23);1H. The molecule has 0 amide bonds. The summed E-state index contributed by atoms with van der Waals surface area (Å²) in [6.45, 7) is 7.56. The molecule has 1 atom stereocenters. The van der Waals surface area contributed by atoms with Crippen molar-refractivity contribution in [1.82, 2.24) is 10.2 Å². The Balaban J connectivity index is 0.00000364. The van der Waals surface area contributed by atoms with Gasteiger partial charge in [0.05, 0.1) is 23.3 Å². The third-order valence-electron chi connectivity index (χ3n) is 4.19. The lowest BCUT2D eigenvalue weighted by Crippen LogP contribution is -2.38. The van der Waals surface area contributed by atoms with Crippen LogP contribution in [0, 0.1) is 5.92 Å². The zero-order valence-corrected chi connectivity index (χ0v) is 19.9. The fourth-order valence-electron chi connectivity index (χ4n) is 2.77. The Morgan fingerprint density at radius 2 is 2.19 bits per heavy atom. The van der Waals surface area contributed by atoms with Crippen LogP contribution in [0.5, 0.6) is 0 Å². The van der Waals surface area contributed by atoms with Gasteiger partial charge in [0.25, 0.3) is 0 Å². The number of halogens is 3. The minimum Gasteiger partial charge on any atom is -0.381 e. The molecule has 1 aromatic carbocycles. The largest absolute Gasteiger partial charge is 0.381 e. The average Bonchev–Trinajstić information content (AvgIpc) is 3.13. The highest BCUT2D eigenvalue weighted by atomic mass is 127. The number of hydrogen-bond acceptors (Lipinski definition) is 3. The lowest BCUT2D eigenvalue weighted by molar-refractivity contribution is 0.0893. The topological polar surface area (TPSA) is 46.1 Å². The molecule has 154 valence electrons. The van der Waals surface area contributed by atoms with E-state index in [0.29, 0.717) is 22.5 Å². The minimum atomic E-state index is 0. The molecule has 1 aliphatic rings. The van der Waals surface area contributed by atoms with Gasteiger partial charge in [0.1, 0.15) is 0 Å². The summed E-state index contributed by atoms with van der Waals surface area (Å²) in [7, 11) is 2.01. The Hall–Kier alpha value is -0.280. The van der Waals surface area contributed by atoms with Gasteiger partial charge in [-0.3, -0.25) is 4.99 Å². The van der Waals surface area contributed by atoms with Gasteiger partial charge in [-0.1, -0.05) is 29.3 Å². The second-order valence-electron chi connectivity index (χ2n) is 6.50. The van der Waals surface area contributed by atoms with Crippen molar-refractivity contribution in [3.05, 3.63) is 33.8 Å². The molecule has 0 radical (unpaired) electrons. The highest BCUT2D eigenvalue weighted by Gasteiger charge is 2.15. The fourth-order valence-corrected chi connectivity index (χ4v) is 3.09. The molecule has 0 aliphatic carbocycles. The number of rotatable bonds is 9. The molecule has 1 aromatic rings. The summed E-state index contributed by atoms with van der Waals surface area (Å²) in [6, 6.07) is 5.70. The maximum atomic E-state index is 6.10. The summed E-state index contributed by atoms with van der Waals surface area (Å²) in [6.07, 6.45) is 2.02. The summed E-state index contributed by atoms with van der Waals surface area (Å²) < 4.78 is 11.1. The number of guanidine groups is 1. The molecule has 1 saturated heterocycles. The predicted octanol–water partition coefficient (Wildman–Crippen LogP) is 4.45. The van der Waals surface area contributed by atoms with Crippen molar-refractivity contribution >= 4 is 53.1 Å². The smallest absolute Gasteiger partial charge is 0.193 e. The van der Waals surface area contributed by atoms with E-state index in [0.717, 1.165) is 63.9 Å². The number of benzene rings is 1. The van der Waals surface area contributed by atoms with Gasteiger partial charge in [-0.05, 0) is 37.5 Å². The van der Waals surface area contributed by atoms with Crippen molar-refractivity contribution in [3.8, 4) is 0 Å². The van der Waals surface area contributed by atoms with Crippen molar-refractivity contribution in [3.63, 3.8) is 0 Å². The zero-order valence-electron chi connectivity index (χ0n) is 16.0. The fraction of sp³-hybridized carbons (Fsp3) is 0.632. The first kappa shape index (κ1) is 24.8. The first-order valence-corrected chi connectivity index (χ1v) is 9.94. The quantitative estimate of drug-likeness (QED) is 0.222. The van der Waals surface area contributed by atoms with Crippen molar-refractivity contribution in [2.45, 2.75) is 26.3 Å². The van der Waals surface area contributed by atoms with Gasteiger partial charge in [0.2, 0.25) is 0 Å². The van der Waals surface area contributed by atoms with E-state index in [1.165, 1.54) is 0 Å². The molecule has 0 spiro atoms. The number of hydrogen-bond donors (Lipinski definition) is 1. The summed E-state index contributed by atoms with van der Waals surface area (Å²) in [4.78, 5) is 6.77. The van der Waals surface area contributed by atoms with E-state index in [1.54, 1.807) is 0 Å². The summed E-state index contributed by atoms with van der Waals surface area (Å²) in [5, 5.41) is 4.47. The molecule has 0 saturated carbocycles. The molecule has 0 aromatic heterocycles. The molecule has 1 unspecified atom stereocenters. The van der Waals surface area contributed by atoms with Crippen LogP contribution in [0.15, 0.2) is 23.2 Å². The monoisotopic (exact) mass is 529 g/mol. The lowest BCUT2D eigenvalue weighted by atomic mass is 10.1. The molecule has 1 N–H and O–H groups in total. The Kier molecular flexibility index (Phi) is 12.7. The van der Waals surface area contributed by atoms with E-state index in [9.17, 15) is 0 Å². The molecule has 1 fully saturated rings. The van der Waals surface area contributed by atoms with E-state index in [2.05, 4.69) is 22.1 Å². The van der Waals surface area contributed by atoms with Crippen molar-refractivity contribution in [2.75, 3.05) is 46.6 Å². The number of nitrogens with zero attached hydrogens (tertiary/aromatic N) is 2. The Morgan fingerprint density at radius 1 is 1.37 bits per heavy atom. The van der Waals surface area contributed by atoms with Crippen molar-refractivity contribution in [2.24, 2.45) is 10.9 Å². The lowest BCUT2D eigenvalue weighted by Gasteiger charge is -2.22. The number of nitrogens with one attached hydrogen (secondary N) is 1. The average molecular weight is 530 g/mol. The van der Waals surface area contributed by atoms with Crippen LogP contribution in [0.4, 0.5) is 0 Å². The maximum absolute atomic E-state index is 6.10. The van der Waals surface area contributed by atoms with Gasteiger partial charge in [-0.25, -0.2) is 0 Å². The van der Waals surface area contributed by atoms with E-state index in [-0.39, 0.29) is 24.0 Å². The molecule has 0 bridgehead atoms. The Morgan fingerprint density at radius 3 is 2.85 bits per heavy atom. The molecule has 1 heterocycles. The van der Waals surface area contributed by atoms with Crippen molar-refractivity contribution < 1.29 is 9.47 Å². The van der Waals surface area contributed by atoms with E-state index in [4.69, 9.17) is 32.7 Å². The molecule has 27 heavy (non-hydrogen) atoms. The third kappa shape index (κ3) is 9.17. The second-order valence-corrected chi connectivity index (χ2v) is 7.31. The van der Waals surface area contributed by atoms with Gasteiger partial charge < -0.3 is 19.7 Å². The van der Waals surface area contributed by atoms with Gasteiger partial charge in [-0.2, -0.15) is 0 Å². The van der Waals surface area contributed by atoms with Crippen LogP contribution in [0.1, 0.15) is 25.3 Å². The third-order valence-corrected chi connectivity index (χ3v) is 4.93. The van der Waals surface area contributed by atoms with Crippen LogP contribution >= 0.6 is 47.2 Å². The molecular weight excluding hydrogens is 500 g/mol. The number of aliphatic imine (C=N–C) groups is 1. The van der Waals surface area contributed by atoms with Crippen LogP contribution in [-0.2, 0) is 16.0 Å². The molecule has 1 aliphatic heterocycles. The maximum Gasteiger partial charge on any atom is 0.193 e. The zero-order chi connectivity index (χ0) is 18.8. The van der Waals surface area contributed by atoms with Crippen LogP contribution in [0.3, 0.4) is 0 Å². The van der Waals surface area contributed by atoms with Gasteiger partial charge in [0.15, 0.2) is 5.96 Å². The van der Waals surface area contributed by atoms with E-state index < -0.39 is 0 Å². The molecule has 8 heteroatoms.